The summed E-state index contributed by atoms with van der Waals surface area (Å²) in [6.07, 6.45) is 0. The van der Waals surface area contributed by atoms with Gasteiger partial charge in [0.2, 0.25) is 0 Å². The zero-order valence-corrected chi connectivity index (χ0v) is 7.18. The molecule has 0 aliphatic carbocycles. The number of hydrogen-bond acceptors (Lipinski definition) is 0. The van der Waals surface area contributed by atoms with Crippen molar-refractivity contribution in [1.29, 1.82) is 0 Å². The van der Waals surface area contributed by atoms with E-state index in [2.05, 4.69) is 32.4 Å². The minimum absolute atomic E-state index is 0. The van der Waals surface area contributed by atoms with Gasteiger partial charge in [0.05, 0.1) is 0 Å². The van der Waals surface area contributed by atoms with Crippen molar-refractivity contribution in [2.24, 2.45) is 0 Å². The van der Waals surface area contributed by atoms with Gasteiger partial charge < -0.3 is 0 Å². The van der Waals surface area contributed by atoms with Crippen LogP contribution >= 0.6 is 0 Å². The van der Waals surface area contributed by atoms with E-state index in [1.54, 1.807) is 0 Å². The normalized spacial score (nSPS) is 5.18. The second-order valence-corrected chi connectivity index (χ2v) is 1.46. The molecule has 2 nitrogen and oxygen atoms in total. The van der Waals surface area contributed by atoms with E-state index in [1.165, 1.54) is 5.56 Å². The van der Waals surface area contributed by atoms with Crippen LogP contribution in [-0.4, -0.2) is 0 Å². The van der Waals surface area contributed by atoms with E-state index in [4.69, 9.17) is 9.30 Å². The third kappa shape index (κ3) is 12.5. The molecule has 0 aromatic heterocycles. The average molecular weight is 190 g/mol. The summed E-state index contributed by atoms with van der Waals surface area (Å²) >= 11 is 0. The van der Waals surface area contributed by atoms with Crippen LogP contribution in [0.5, 0.6) is 0 Å². The maximum atomic E-state index is 7.50. The Balaban J connectivity index is -0.000000114. The molecule has 0 spiro atoms. The SMILES string of the molecule is Cc1ccc[cH-]1.[C-]#[O+].[C-]#[O+].[Mn]. The van der Waals surface area contributed by atoms with Crippen molar-refractivity contribution in [3.63, 3.8) is 0 Å². The van der Waals surface area contributed by atoms with Gasteiger partial charge in [-0.25, -0.2) is 12.1 Å². The third-order valence-corrected chi connectivity index (χ3v) is 0.829. The van der Waals surface area contributed by atoms with Gasteiger partial charge in [-0.05, 0) is 0 Å². The summed E-state index contributed by atoms with van der Waals surface area (Å²) in [5.41, 5.74) is 1.34. The summed E-state index contributed by atoms with van der Waals surface area (Å²) in [5, 5.41) is 0. The molecule has 0 saturated carbocycles. The Morgan fingerprint density at radius 3 is 1.82 bits per heavy atom. The van der Waals surface area contributed by atoms with E-state index in [0.717, 1.165) is 0 Å². The summed E-state index contributed by atoms with van der Waals surface area (Å²) in [6.45, 7) is 11.1. The molecule has 0 amide bonds. The Kier molecular flexibility index (Phi) is 24.6. The first-order chi connectivity index (χ1) is 4.89. The smallest absolute Gasteiger partial charge is 0 e. The van der Waals surface area contributed by atoms with Crippen molar-refractivity contribution in [2.75, 3.05) is 0 Å². The van der Waals surface area contributed by atoms with Crippen molar-refractivity contribution in [3.05, 3.63) is 43.1 Å². The molecule has 3 heteroatoms. The topological polar surface area (TPSA) is 39.8 Å². The van der Waals surface area contributed by atoms with E-state index in [9.17, 15) is 0 Å². The van der Waals surface area contributed by atoms with E-state index >= 15 is 0 Å². The van der Waals surface area contributed by atoms with Crippen molar-refractivity contribution >= 4 is 0 Å². The third-order valence-electron chi connectivity index (χ3n) is 0.829. The molecule has 1 aromatic rings. The van der Waals surface area contributed by atoms with Crippen molar-refractivity contribution in [1.82, 2.24) is 0 Å². The zero-order chi connectivity index (χ0) is 8.41. The van der Waals surface area contributed by atoms with Gasteiger partial charge in [0.25, 0.3) is 0 Å². The first kappa shape index (κ1) is 16.7. The maximum absolute atomic E-state index is 7.50. The summed E-state index contributed by atoms with van der Waals surface area (Å²) in [4.78, 5) is 0. The second kappa shape index (κ2) is 16.2. The van der Waals surface area contributed by atoms with Gasteiger partial charge in [-0.2, -0.15) is 17.7 Å². The quantitative estimate of drug-likeness (QED) is 0.339. The average Bonchev–Trinajstić information content (AvgIpc) is 2.48. The minimum atomic E-state index is 0. The molecule has 59 valence electrons. The van der Waals surface area contributed by atoms with Crippen LogP contribution in [0.1, 0.15) is 5.56 Å². The Morgan fingerprint density at radius 2 is 1.73 bits per heavy atom. The molecule has 0 N–H and O–H groups in total. The summed E-state index contributed by atoms with van der Waals surface area (Å²) in [6, 6.07) is 8.24. The summed E-state index contributed by atoms with van der Waals surface area (Å²) in [5.74, 6) is 0. The first-order valence-electron chi connectivity index (χ1n) is 2.49. The molecular formula is C8H7MnO2-. The molecule has 11 heavy (non-hydrogen) atoms. The fourth-order valence-electron chi connectivity index (χ4n) is 0.470. The predicted octanol–water partition coefficient (Wildman–Crippen LogP) is 1.64. The molecule has 1 radical (unpaired) electrons. The molecule has 0 heterocycles. The first-order valence-corrected chi connectivity index (χ1v) is 2.49. The van der Waals surface area contributed by atoms with Gasteiger partial charge in [-0.3, -0.25) is 0 Å². The standard InChI is InChI=1S/C6H7.2CO.Mn/c1-6-4-2-3-5-6;2*1-2;/h2-5H,1H3;;;/q-1;;;. The van der Waals surface area contributed by atoms with Crippen LogP contribution in [-0.2, 0) is 26.4 Å². The van der Waals surface area contributed by atoms with Crippen molar-refractivity contribution in [2.45, 2.75) is 6.92 Å². The summed E-state index contributed by atoms with van der Waals surface area (Å²) < 4.78 is 15.0. The fraction of sp³-hybridized carbons (Fsp3) is 0.125. The zero-order valence-electron chi connectivity index (χ0n) is 6.00. The van der Waals surface area contributed by atoms with Crippen molar-refractivity contribution in [3.8, 4) is 0 Å². The maximum Gasteiger partial charge on any atom is 0 e. The molecule has 0 bridgehead atoms. The molecule has 0 saturated heterocycles. The van der Waals surface area contributed by atoms with Gasteiger partial charge in [0, 0.05) is 17.1 Å². The number of rotatable bonds is 0. The molecule has 1 rings (SSSR count). The number of aryl methyl sites for hydroxylation is 1. The van der Waals surface area contributed by atoms with Gasteiger partial charge in [0.1, 0.15) is 0 Å². The molecule has 0 aliphatic rings. The molecule has 0 unspecified atom stereocenters. The Hall–Kier alpha value is -0.651. The van der Waals surface area contributed by atoms with Gasteiger partial charge in [-0.15, -0.1) is 0 Å². The largest absolute Gasteiger partial charge is 0 e. The van der Waals surface area contributed by atoms with Crippen LogP contribution in [0.2, 0.25) is 0 Å². The Labute approximate surface area is 76.9 Å². The van der Waals surface area contributed by atoms with Crippen LogP contribution in [0.25, 0.3) is 0 Å². The van der Waals surface area contributed by atoms with Gasteiger partial charge in [-0.1, -0.05) is 6.92 Å². The van der Waals surface area contributed by atoms with Crippen LogP contribution in [0.4, 0.5) is 0 Å². The van der Waals surface area contributed by atoms with Crippen LogP contribution in [0.3, 0.4) is 0 Å². The van der Waals surface area contributed by atoms with Crippen LogP contribution in [0, 0.1) is 20.2 Å². The van der Waals surface area contributed by atoms with E-state index in [0.29, 0.717) is 0 Å². The minimum Gasteiger partial charge on any atom is 0 e. The van der Waals surface area contributed by atoms with Gasteiger partial charge in [0.15, 0.2) is 0 Å². The molecule has 0 atom stereocenters. The van der Waals surface area contributed by atoms with Crippen molar-refractivity contribution < 1.29 is 26.4 Å². The van der Waals surface area contributed by atoms with Crippen LogP contribution < -0.4 is 0 Å². The Morgan fingerprint density at radius 1 is 1.27 bits per heavy atom. The summed E-state index contributed by atoms with van der Waals surface area (Å²) in [7, 11) is 0. The Bertz CT molecular complexity index is 168. The van der Waals surface area contributed by atoms with Gasteiger partial charge >= 0.3 is 22.6 Å². The van der Waals surface area contributed by atoms with E-state index in [-0.39, 0.29) is 17.1 Å². The van der Waals surface area contributed by atoms with E-state index in [1.807, 2.05) is 12.1 Å². The van der Waals surface area contributed by atoms with Crippen LogP contribution in [0.15, 0.2) is 24.3 Å². The number of hydrogen-bond donors (Lipinski definition) is 0. The fourth-order valence-corrected chi connectivity index (χ4v) is 0.470. The molecule has 0 aliphatic heterocycles. The molecule has 1 aromatic carbocycles. The molecular weight excluding hydrogens is 183 g/mol. The predicted molar refractivity (Wildman–Crippen MR) is 34.6 cm³/mol. The second-order valence-electron chi connectivity index (χ2n) is 1.46. The monoisotopic (exact) mass is 190 g/mol. The van der Waals surface area contributed by atoms with E-state index < -0.39 is 0 Å². The molecule has 0 fully saturated rings.